The number of hydrogen-bond acceptors (Lipinski definition) is 5. The van der Waals surface area contributed by atoms with Crippen molar-refractivity contribution in [2.45, 2.75) is 26.5 Å². The minimum Gasteiger partial charge on any atom is -0.494 e. The minimum absolute atomic E-state index is 0.0581. The van der Waals surface area contributed by atoms with Crippen LogP contribution in [0.15, 0.2) is 48.5 Å². The van der Waals surface area contributed by atoms with Gasteiger partial charge in [-0.05, 0) is 32.0 Å². The summed E-state index contributed by atoms with van der Waals surface area (Å²) in [6.07, 6.45) is -0.935. The van der Waals surface area contributed by atoms with Crippen LogP contribution in [0.5, 0.6) is 11.5 Å². The standard InChI is InChI=1S/C20H24N2O5S/c1-3-26-17-11-7-5-9-15(17)13-21-20(23)19-14-22(28(24,25)4-2)16-10-6-8-12-18(16)27-19/h5-12,19H,3-4,13-14H2,1-2H3,(H,21,23)/t19-/m0/s1. The summed E-state index contributed by atoms with van der Waals surface area (Å²) in [5.41, 5.74) is 1.29. The number of hydrogen-bond donors (Lipinski definition) is 1. The Labute approximate surface area is 165 Å². The van der Waals surface area contributed by atoms with Crippen LogP contribution in [0.25, 0.3) is 0 Å². The van der Waals surface area contributed by atoms with Gasteiger partial charge in [-0.3, -0.25) is 9.10 Å². The second-order valence-electron chi connectivity index (χ2n) is 6.26. The normalized spacial score (nSPS) is 16.1. The first-order valence-electron chi connectivity index (χ1n) is 9.20. The molecule has 3 rings (SSSR count). The molecule has 0 aliphatic carbocycles. The third-order valence-corrected chi connectivity index (χ3v) is 6.20. The first kappa shape index (κ1) is 20.0. The van der Waals surface area contributed by atoms with Gasteiger partial charge in [-0.1, -0.05) is 30.3 Å². The third-order valence-electron chi connectivity index (χ3n) is 4.45. The number of nitrogens with zero attached hydrogens (tertiary/aromatic N) is 1. The number of rotatable bonds is 7. The van der Waals surface area contributed by atoms with E-state index < -0.39 is 16.1 Å². The van der Waals surface area contributed by atoms with Crippen molar-refractivity contribution >= 4 is 21.6 Å². The molecule has 0 unspecified atom stereocenters. The fourth-order valence-corrected chi connectivity index (χ4v) is 4.13. The van der Waals surface area contributed by atoms with E-state index in [1.165, 1.54) is 4.31 Å². The molecule has 150 valence electrons. The van der Waals surface area contributed by atoms with E-state index in [0.717, 1.165) is 5.56 Å². The lowest BCUT2D eigenvalue weighted by molar-refractivity contribution is -0.127. The molecule has 28 heavy (non-hydrogen) atoms. The highest BCUT2D eigenvalue weighted by Gasteiger charge is 2.35. The van der Waals surface area contributed by atoms with Gasteiger partial charge in [-0.15, -0.1) is 0 Å². The van der Waals surface area contributed by atoms with E-state index >= 15 is 0 Å². The van der Waals surface area contributed by atoms with Crippen LogP contribution in [0.2, 0.25) is 0 Å². The highest BCUT2D eigenvalue weighted by Crippen LogP contribution is 2.35. The number of para-hydroxylation sites is 3. The summed E-state index contributed by atoms with van der Waals surface area (Å²) in [7, 11) is -3.53. The molecular formula is C20H24N2O5S. The molecule has 0 spiro atoms. The summed E-state index contributed by atoms with van der Waals surface area (Å²) in [6, 6.07) is 14.3. The number of nitrogens with one attached hydrogen (secondary N) is 1. The molecule has 1 atom stereocenters. The number of carbonyl (C=O) groups is 1. The topological polar surface area (TPSA) is 84.9 Å². The maximum absolute atomic E-state index is 12.7. The molecule has 2 aromatic carbocycles. The van der Waals surface area contributed by atoms with Crippen molar-refractivity contribution in [1.82, 2.24) is 5.32 Å². The molecule has 0 aromatic heterocycles. The molecular weight excluding hydrogens is 380 g/mol. The van der Waals surface area contributed by atoms with Gasteiger partial charge in [0.15, 0.2) is 6.10 Å². The molecule has 0 fully saturated rings. The van der Waals surface area contributed by atoms with Gasteiger partial charge < -0.3 is 14.8 Å². The number of benzene rings is 2. The van der Waals surface area contributed by atoms with E-state index in [0.29, 0.717) is 23.8 Å². The van der Waals surface area contributed by atoms with Crippen LogP contribution in [0.3, 0.4) is 0 Å². The molecule has 0 bridgehead atoms. The SMILES string of the molecule is CCOc1ccccc1CNC(=O)[C@@H]1CN(S(=O)(=O)CC)c2ccccc2O1. The van der Waals surface area contributed by atoms with Crippen molar-refractivity contribution in [1.29, 1.82) is 0 Å². The number of anilines is 1. The van der Waals surface area contributed by atoms with Crippen molar-refractivity contribution in [3.8, 4) is 11.5 Å². The molecule has 2 aromatic rings. The Morgan fingerprint density at radius 1 is 1.18 bits per heavy atom. The molecule has 0 saturated heterocycles. The minimum atomic E-state index is -3.53. The van der Waals surface area contributed by atoms with Crippen molar-refractivity contribution in [3.63, 3.8) is 0 Å². The van der Waals surface area contributed by atoms with E-state index in [9.17, 15) is 13.2 Å². The zero-order chi connectivity index (χ0) is 20.1. The van der Waals surface area contributed by atoms with Crippen LogP contribution in [-0.2, 0) is 21.4 Å². The first-order valence-corrected chi connectivity index (χ1v) is 10.8. The van der Waals surface area contributed by atoms with E-state index in [1.54, 1.807) is 31.2 Å². The van der Waals surface area contributed by atoms with Gasteiger partial charge in [0.2, 0.25) is 10.0 Å². The maximum atomic E-state index is 12.7. The Hall–Kier alpha value is -2.74. The van der Waals surface area contributed by atoms with Crippen molar-refractivity contribution in [2.75, 3.05) is 23.2 Å². The lowest BCUT2D eigenvalue weighted by Gasteiger charge is -2.34. The monoisotopic (exact) mass is 404 g/mol. The van der Waals surface area contributed by atoms with E-state index in [-0.39, 0.29) is 24.7 Å². The fourth-order valence-electron chi connectivity index (χ4n) is 3.00. The third kappa shape index (κ3) is 4.22. The van der Waals surface area contributed by atoms with Crippen LogP contribution in [0.4, 0.5) is 5.69 Å². The quantitative estimate of drug-likeness (QED) is 0.766. The maximum Gasteiger partial charge on any atom is 0.263 e. The molecule has 1 N–H and O–H groups in total. The van der Waals surface area contributed by atoms with Gasteiger partial charge in [-0.2, -0.15) is 0 Å². The Kier molecular flexibility index (Phi) is 6.08. The van der Waals surface area contributed by atoms with Crippen LogP contribution in [-0.4, -0.2) is 39.3 Å². The lowest BCUT2D eigenvalue weighted by atomic mass is 10.2. The highest BCUT2D eigenvalue weighted by atomic mass is 32.2. The van der Waals surface area contributed by atoms with Crippen molar-refractivity contribution < 1.29 is 22.7 Å². The fraction of sp³-hybridized carbons (Fsp3) is 0.350. The summed E-state index contributed by atoms with van der Waals surface area (Å²) in [4.78, 5) is 12.7. The molecule has 1 amide bonds. The highest BCUT2D eigenvalue weighted by molar-refractivity contribution is 7.92. The summed E-state index contributed by atoms with van der Waals surface area (Å²) >= 11 is 0. The summed E-state index contributed by atoms with van der Waals surface area (Å²) < 4.78 is 37.6. The number of fused-ring (bicyclic) bond motifs is 1. The molecule has 1 aliphatic heterocycles. The molecule has 1 heterocycles. The van der Waals surface area contributed by atoms with Gasteiger partial charge in [-0.25, -0.2) is 8.42 Å². The average molecular weight is 404 g/mol. The summed E-state index contributed by atoms with van der Waals surface area (Å²) in [6.45, 7) is 4.19. The Morgan fingerprint density at radius 3 is 2.64 bits per heavy atom. The number of carbonyl (C=O) groups excluding carboxylic acids is 1. The van der Waals surface area contributed by atoms with E-state index in [1.807, 2.05) is 31.2 Å². The number of amides is 1. The first-order chi connectivity index (χ1) is 13.5. The summed E-state index contributed by atoms with van der Waals surface area (Å²) in [5, 5.41) is 2.82. The Morgan fingerprint density at radius 2 is 1.89 bits per heavy atom. The molecule has 0 saturated carbocycles. The number of sulfonamides is 1. The lowest BCUT2D eigenvalue weighted by Crippen LogP contribution is -2.50. The van der Waals surface area contributed by atoms with Gasteiger partial charge in [0.1, 0.15) is 11.5 Å². The summed E-state index contributed by atoms with van der Waals surface area (Å²) in [5.74, 6) is 0.644. The van der Waals surface area contributed by atoms with Gasteiger partial charge in [0.25, 0.3) is 5.91 Å². The van der Waals surface area contributed by atoms with Crippen LogP contribution in [0, 0.1) is 0 Å². The van der Waals surface area contributed by atoms with Crippen molar-refractivity contribution in [3.05, 3.63) is 54.1 Å². The second kappa shape index (κ2) is 8.52. The van der Waals surface area contributed by atoms with Crippen LogP contribution >= 0.6 is 0 Å². The molecule has 8 heteroatoms. The van der Waals surface area contributed by atoms with Crippen LogP contribution < -0.4 is 19.1 Å². The van der Waals surface area contributed by atoms with E-state index in [2.05, 4.69) is 5.32 Å². The van der Waals surface area contributed by atoms with Gasteiger partial charge in [0, 0.05) is 12.1 Å². The van der Waals surface area contributed by atoms with E-state index in [4.69, 9.17) is 9.47 Å². The zero-order valence-electron chi connectivity index (χ0n) is 15.9. The van der Waals surface area contributed by atoms with Crippen molar-refractivity contribution in [2.24, 2.45) is 0 Å². The predicted molar refractivity (Wildman–Crippen MR) is 107 cm³/mol. The Balaban J connectivity index is 1.76. The molecule has 7 nitrogen and oxygen atoms in total. The largest absolute Gasteiger partial charge is 0.494 e. The van der Waals surface area contributed by atoms with Gasteiger partial charge >= 0.3 is 0 Å². The zero-order valence-corrected chi connectivity index (χ0v) is 16.7. The number of ether oxygens (including phenoxy) is 2. The van der Waals surface area contributed by atoms with Crippen LogP contribution in [0.1, 0.15) is 19.4 Å². The van der Waals surface area contributed by atoms with Gasteiger partial charge in [0.05, 0.1) is 24.6 Å². The smallest absolute Gasteiger partial charge is 0.263 e. The molecule has 0 radical (unpaired) electrons. The Bertz CT molecular complexity index is 945. The average Bonchev–Trinajstić information content (AvgIpc) is 2.72. The second-order valence-corrected chi connectivity index (χ2v) is 8.45. The molecule has 1 aliphatic rings. The predicted octanol–water partition coefficient (Wildman–Crippen LogP) is 2.32.